The number of rotatable bonds is 4. The summed E-state index contributed by atoms with van der Waals surface area (Å²) in [6.45, 7) is -0.0626. The lowest BCUT2D eigenvalue weighted by atomic mass is 10.1. The zero-order chi connectivity index (χ0) is 13.0. The van der Waals surface area contributed by atoms with Gasteiger partial charge < -0.3 is 15.6 Å². The molecule has 0 aliphatic heterocycles. The first kappa shape index (κ1) is 13.1. The Bertz CT molecular complexity index is 496. The highest BCUT2D eigenvalue weighted by molar-refractivity contribution is 9.10. The Morgan fingerprint density at radius 1 is 1.00 bits per heavy atom. The molecule has 0 aromatic heterocycles. The Morgan fingerprint density at radius 2 is 1.50 bits per heavy atom. The Kier molecular flexibility index (Phi) is 4.36. The summed E-state index contributed by atoms with van der Waals surface area (Å²) >= 11 is 3.37. The normalized spacial score (nSPS) is 12.2. The van der Waals surface area contributed by atoms with Crippen molar-refractivity contribution in [1.82, 2.24) is 0 Å². The van der Waals surface area contributed by atoms with Crippen LogP contribution < -0.4 is 10.5 Å². The Labute approximate surface area is 114 Å². The standard InChI is InChI=1S/C14H14BrNO2/c15-11-3-7-13(8-4-11)18-12-5-1-10(2-6-12)14(16)9-17/h1-8,14,17H,9,16H2/t14-/m0/s1. The maximum Gasteiger partial charge on any atom is 0.127 e. The van der Waals surface area contributed by atoms with Crippen LogP contribution in [0.1, 0.15) is 11.6 Å². The number of nitrogens with two attached hydrogens (primary N) is 1. The quantitative estimate of drug-likeness (QED) is 0.912. The van der Waals surface area contributed by atoms with E-state index >= 15 is 0 Å². The van der Waals surface area contributed by atoms with Gasteiger partial charge in [-0.1, -0.05) is 28.1 Å². The van der Waals surface area contributed by atoms with Gasteiger partial charge in [-0.05, 0) is 42.0 Å². The van der Waals surface area contributed by atoms with Crippen molar-refractivity contribution in [3.8, 4) is 11.5 Å². The number of aliphatic hydroxyl groups excluding tert-OH is 1. The molecule has 0 saturated heterocycles. The van der Waals surface area contributed by atoms with Gasteiger partial charge in [0.1, 0.15) is 11.5 Å². The van der Waals surface area contributed by atoms with Crippen LogP contribution in [0.4, 0.5) is 0 Å². The highest BCUT2D eigenvalue weighted by Gasteiger charge is 2.04. The van der Waals surface area contributed by atoms with E-state index in [1.54, 1.807) is 0 Å². The lowest BCUT2D eigenvalue weighted by molar-refractivity contribution is 0.268. The first-order valence-corrected chi connectivity index (χ1v) is 6.38. The molecule has 3 nitrogen and oxygen atoms in total. The van der Waals surface area contributed by atoms with Crippen molar-refractivity contribution in [3.63, 3.8) is 0 Å². The number of benzene rings is 2. The van der Waals surface area contributed by atoms with Crippen molar-refractivity contribution in [2.24, 2.45) is 5.73 Å². The van der Waals surface area contributed by atoms with Crippen LogP contribution in [0.5, 0.6) is 11.5 Å². The van der Waals surface area contributed by atoms with Crippen molar-refractivity contribution in [2.45, 2.75) is 6.04 Å². The highest BCUT2D eigenvalue weighted by atomic mass is 79.9. The molecule has 2 aromatic carbocycles. The molecule has 3 N–H and O–H groups in total. The van der Waals surface area contributed by atoms with Crippen LogP contribution in [-0.4, -0.2) is 11.7 Å². The van der Waals surface area contributed by atoms with Crippen LogP contribution in [0.2, 0.25) is 0 Å². The summed E-state index contributed by atoms with van der Waals surface area (Å²) in [5, 5.41) is 8.96. The third-order valence-electron chi connectivity index (χ3n) is 2.55. The van der Waals surface area contributed by atoms with E-state index in [0.29, 0.717) is 0 Å². The number of ether oxygens (including phenoxy) is 1. The lowest BCUT2D eigenvalue weighted by Gasteiger charge is -2.10. The third kappa shape index (κ3) is 3.32. The molecule has 0 radical (unpaired) electrons. The summed E-state index contributed by atoms with van der Waals surface area (Å²) in [5.74, 6) is 1.52. The van der Waals surface area contributed by atoms with Crippen LogP contribution in [0, 0.1) is 0 Å². The minimum Gasteiger partial charge on any atom is -0.457 e. The van der Waals surface area contributed by atoms with E-state index in [9.17, 15) is 0 Å². The fraction of sp³-hybridized carbons (Fsp3) is 0.143. The number of hydrogen-bond donors (Lipinski definition) is 2. The van der Waals surface area contributed by atoms with Crippen molar-refractivity contribution >= 4 is 15.9 Å². The molecule has 0 amide bonds. The topological polar surface area (TPSA) is 55.5 Å². The smallest absolute Gasteiger partial charge is 0.127 e. The van der Waals surface area contributed by atoms with Gasteiger partial charge in [-0.3, -0.25) is 0 Å². The number of aliphatic hydroxyl groups is 1. The Morgan fingerprint density at radius 3 is 2.00 bits per heavy atom. The van der Waals surface area contributed by atoms with Crippen LogP contribution >= 0.6 is 15.9 Å². The molecule has 18 heavy (non-hydrogen) atoms. The zero-order valence-corrected chi connectivity index (χ0v) is 11.3. The summed E-state index contributed by atoms with van der Waals surface area (Å²) in [5.41, 5.74) is 6.61. The van der Waals surface area contributed by atoms with Crippen LogP contribution in [0.25, 0.3) is 0 Å². The van der Waals surface area contributed by atoms with E-state index in [1.807, 2.05) is 48.5 Å². The second kappa shape index (κ2) is 6.00. The molecule has 4 heteroatoms. The predicted molar refractivity (Wildman–Crippen MR) is 74.7 cm³/mol. The van der Waals surface area contributed by atoms with Crippen molar-refractivity contribution < 1.29 is 9.84 Å². The van der Waals surface area contributed by atoms with Crippen LogP contribution in [-0.2, 0) is 0 Å². The Balaban J connectivity index is 2.08. The molecule has 0 fully saturated rings. The van der Waals surface area contributed by atoms with E-state index in [-0.39, 0.29) is 12.6 Å². The molecule has 2 rings (SSSR count). The summed E-state index contributed by atoms with van der Waals surface area (Å²) in [4.78, 5) is 0. The predicted octanol–water partition coefficient (Wildman–Crippen LogP) is 3.23. The zero-order valence-electron chi connectivity index (χ0n) is 9.71. The lowest BCUT2D eigenvalue weighted by Crippen LogP contribution is -2.14. The van der Waals surface area contributed by atoms with Gasteiger partial charge in [-0.25, -0.2) is 0 Å². The van der Waals surface area contributed by atoms with Crippen LogP contribution in [0.15, 0.2) is 53.0 Å². The molecule has 0 saturated carbocycles. The first-order valence-electron chi connectivity index (χ1n) is 5.59. The van der Waals surface area contributed by atoms with Crippen LogP contribution in [0.3, 0.4) is 0 Å². The molecule has 0 bridgehead atoms. The summed E-state index contributed by atoms with van der Waals surface area (Å²) in [7, 11) is 0. The molecular formula is C14H14BrNO2. The average molecular weight is 308 g/mol. The second-order valence-corrected chi connectivity index (χ2v) is 4.83. The van der Waals surface area contributed by atoms with Crippen molar-refractivity contribution in [3.05, 3.63) is 58.6 Å². The van der Waals surface area contributed by atoms with Gasteiger partial charge in [-0.15, -0.1) is 0 Å². The molecule has 1 atom stereocenters. The first-order chi connectivity index (χ1) is 8.69. The minimum atomic E-state index is -0.341. The van der Waals surface area contributed by atoms with Gasteiger partial charge in [0, 0.05) is 4.47 Å². The molecule has 0 aliphatic carbocycles. The molecule has 94 valence electrons. The van der Waals surface area contributed by atoms with Gasteiger partial charge in [0.15, 0.2) is 0 Å². The third-order valence-corrected chi connectivity index (χ3v) is 3.08. The van der Waals surface area contributed by atoms with E-state index in [1.165, 1.54) is 0 Å². The monoisotopic (exact) mass is 307 g/mol. The molecule has 0 aliphatic rings. The van der Waals surface area contributed by atoms with Gasteiger partial charge in [0.25, 0.3) is 0 Å². The van der Waals surface area contributed by atoms with E-state index in [4.69, 9.17) is 15.6 Å². The van der Waals surface area contributed by atoms with Gasteiger partial charge in [-0.2, -0.15) is 0 Å². The molecular weight excluding hydrogens is 294 g/mol. The summed E-state index contributed by atoms with van der Waals surface area (Å²) < 4.78 is 6.69. The summed E-state index contributed by atoms with van der Waals surface area (Å²) in [6.07, 6.45) is 0. The number of hydrogen-bond acceptors (Lipinski definition) is 3. The number of halogens is 1. The second-order valence-electron chi connectivity index (χ2n) is 3.91. The minimum absolute atomic E-state index is 0.0626. The maximum atomic E-state index is 8.96. The molecule has 0 heterocycles. The van der Waals surface area contributed by atoms with E-state index in [0.717, 1.165) is 21.5 Å². The fourth-order valence-corrected chi connectivity index (χ4v) is 1.79. The highest BCUT2D eigenvalue weighted by Crippen LogP contribution is 2.24. The van der Waals surface area contributed by atoms with E-state index in [2.05, 4.69) is 15.9 Å². The average Bonchev–Trinajstić information content (AvgIpc) is 2.41. The SMILES string of the molecule is N[C@@H](CO)c1ccc(Oc2ccc(Br)cc2)cc1. The van der Waals surface area contributed by atoms with Gasteiger partial charge in [0.2, 0.25) is 0 Å². The largest absolute Gasteiger partial charge is 0.457 e. The maximum absolute atomic E-state index is 8.96. The van der Waals surface area contributed by atoms with Crippen molar-refractivity contribution in [2.75, 3.05) is 6.61 Å². The molecule has 0 unspecified atom stereocenters. The summed E-state index contributed by atoms with van der Waals surface area (Å²) in [6, 6.07) is 14.7. The molecule has 0 spiro atoms. The van der Waals surface area contributed by atoms with Gasteiger partial charge in [0.05, 0.1) is 12.6 Å². The fourth-order valence-electron chi connectivity index (χ4n) is 1.53. The van der Waals surface area contributed by atoms with E-state index < -0.39 is 0 Å². The van der Waals surface area contributed by atoms with Crippen molar-refractivity contribution in [1.29, 1.82) is 0 Å². The Hall–Kier alpha value is -1.36. The molecule has 2 aromatic rings. The van der Waals surface area contributed by atoms with Gasteiger partial charge >= 0.3 is 0 Å².